The normalized spacial score (nSPS) is 14.2. The Bertz CT molecular complexity index is 763. The fourth-order valence-corrected chi connectivity index (χ4v) is 3.06. The fraction of sp³-hybridized carbons (Fsp3) is 0.429. The lowest BCUT2D eigenvalue weighted by molar-refractivity contribution is 0.0634. The predicted molar refractivity (Wildman–Crippen MR) is 106 cm³/mol. The van der Waals surface area contributed by atoms with Crippen molar-refractivity contribution in [1.29, 1.82) is 0 Å². The number of hydrogen-bond donors (Lipinski definition) is 1. The number of urea groups is 1. The van der Waals surface area contributed by atoms with Gasteiger partial charge < -0.3 is 24.3 Å². The summed E-state index contributed by atoms with van der Waals surface area (Å²) in [5, 5.41) is 2.86. The Balaban J connectivity index is 1.35. The van der Waals surface area contributed by atoms with Gasteiger partial charge in [-0.3, -0.25) is 4.79 Å². The van der Waals surface area contributed by atoms with Crippen molar-refractivity contribution in [3.63, 3.8) is 0 Å². The molecular weight excluding hydrogens is 358 g/mol. The summed E-state index contributed by atoms with van der Waals surface area (Å²) < 4.78 is 10.8. The second kappa shape index (κ2) is 9.30. The van der Waals surface area contributed by atoms with E-state index in [1.54, 1.807) is 21.9 Å². The maximum absolute atomic E-state index is 12.3. The van der Waals surface area contributed by atoms with Gasteiger partial charge in [-0.1, -0.05) is 26.0 Å². The Labute approximate surface area is 165 Å². The van der Waals surface area contributed by atoms with Crippen LogP contribution in [0.2, 0.25) is 0 Å². The van der Waals surface area contributed by atoms with Gasteiger partial charge in [0.2, 0.25) is 0 Å². The monoisotopic (exact) mass is 385 g/mol. The lowest BCUT2D eigenvalue weighted by Crippen LogP contribution is -2.53. The second-order valence-corrected chi connectivity index (χ2v) is 7.06. The van der Waals surface area contributed by atoms with Crippen LogP contribution in [0.4, 0.5) is 4.79 Å². The highest BCUT2D eigenvalue weighted by molar-refractivity contribution is 5.91. The van der Waals surface area contributed by atoms with Crippen molar-refractivity contribution >= 4 is 11.9 Å². The number of nitrogens with zero attached hydrogens (tertiary/aromatic N) is 2. The molecule has 1 saturated heterocycles. The van der Waals surface area contributed by atoms with Gasteiger partial charge in [-0.15, -0.1) is 0 Å². The van der Waals surface area contributed by atoms with Crippen LogP contribution in [0.25, 0.3) is 0 Å². The van der Waals surface area contributed by atoms with E-state index in [1.165, 1.54) is 11.8 Å². The van der Waals surface area contributed by atoms with Crippen LogP contribution in [0.5, 0.6) is 5.75 Å². The third-order valence-electron chi connectivity index (χ3n) is 4.78. The van der Waals surface area contributed by atoms with Crippen molar-refractivity contribution in [2.45, 2.75) is 19.8 Å². The molecular formula is C21H27N3O4. The van der Waals surface area contributed by atoms with Gasteiger partial charge in [0.25, 0.3) is 5.91 Å². The molecule has 0 unspecified atom stereocenters. The van der Waals surface area contributed by atoms with Crippen LogP contribution in [0.3, 0.4) is 0 Å². The molecule has 28 heavy (non-hydrogen) atoms. The molecule has 1 aromatic carbocycles. The van der Waals surface area contributed by atoms with Crippen LogP contribution in [0, 0.1) is 0 Å². The third-order valence-corrected chi connectivity index (χ3v) is 4.78. The maximum Gasteiger partial charge on any atom is 0.317 e. The average Bonchev–Trinajstić information content (AvgIpc) is 3.26. The number of amides is 3. The largest absolute Gasteiger partial charge is 0.492 e. The van der Waals surface area contributed by atoms with Crippen molar-refractivity contribution < 1.29 is 18.7 Å². The number of hydrogen-bond acceptors (Lipinski definition) is 4. The van der Waals surface area contributed by atoms with Gasteiger partial charge in [0.05, 0.1) is 12.8 Å². The van der Waals surface area contributed by atoms with Crippen molar-refractivity contribution in [1.82, 2.24) is 15.1 Å². The SMILES string of the molecule is CC(C)c1ccc(OCCNC(=O)N2CCN(C(=O)c3ccco3)CC2)cc1. The zero-order valence-electron chi connectivity index (χ0n) is 16.4. The van der Waals surface area contributed by atoms with Crippen molar-refractivity contribution in [2.75, 3.05) is 39.3 Å². The number of carbonyl (C=O) groups excluding carboxylic acids is 2. The summed E-state index contributed by atoms with van der Waals surface area (Å²) in [6, 6.07) is 11.2. The number of furan rings is 1. The molecule has 2 aromatic rings. The van der Waals surface area contributed by atoms with Crippen LogP contribution in [-0.2, 0) is 0 Å². The highest BCUT2D eigenvalue weighted by Crippen LogP contribution is 2.18. The first-order valence-electron chi connectivity index (χ1n) is 9.63. The van der Waals surface area contributed by atoms with E-state index < -0.39 is 0 Å². The van der Waals surface area contributed by atoms with Crippen molar-refractivity contribution in [2.24, 2.45) is 0 Å². The molecule has 0 saturated carbocycles. The van der Waals surface area contributed by atoms with Gasteiger partial charge in [0.15, 0.2) is 5.76 Å². The third kappa shape index (κ3) is 5.06. The van der Waals surface area contributed by atoms with E-state index in [0.29, 0.717) is 51.0 Å². The molecule has 0 spiro atoms. The minimum absolute atomic E-state index is 0.135. The zero-order valence-corrected chi connectivity index (χ0v) is 16.4. The molecule has 0 atom stereocenters. The van der Waals surface area contributed by atoms with E-state index in [1.807, 2.05) is 12.1 Å². The van der Waals surface area contributed by atoms with Gasteiger partial charge in [0, 0.05) is 26.2 Å². The predicted octanol–water partition coefficient (Wildman–Crippen LogP) is 2.95. The van der Waals surface area contributed by atoms with E-state index in [-0.39, 0.29) is 11.9 Å². The maximum atomic E-state index is 12.3. The summed E-state index contributed by atoms with van der Waals surface area (Å²) in [6.45, 7) is 7.11. The van der Waals surface area contributed by atoms with Gasteiger partial charge in [-0.25, -0.2) is 4.79 Å². The molecule has 0 aliphatic carbocycles. The summed E-state index contributed by atoms with van der Waals surface area (Å²) in [5.74, 6) is 1.48. The summed E-state index contributed by atoms with van der Waals surface area (Å²) >= 11 is 0. The quantitative estimate of drug-likeness (QED) is 0.776. The first-order chi connectivity index (χ1) is 13.5. The molecule has 0 bridgehead atoms. The topological polar surface area (TPSA) is 75.0 Å². The second-order valence-electron chi connectivity index (χ2n) is 7.06. The molecule has 1 N–H and O–H groups in total. The molecule has 1 aliphatic rings. The number of carbonyl (C=O) groups is 2. The van der Waals surface area contributed by atoms with Crippen LogP contribution in [0.15, 0.2) is 47.1 Å². The summed E-state index contributed by atoms with van der Waals surface area (Å²) in [7, 11) is 0. The van der Waals surface area contributed by atoms with Gasteiger partial charge in [0.1, 0.15) is 12.4 Å². The van der Waals surface area contributed by atoms with E-state index in [4.69, 9.17) is 9.15 Å². The molecule has 3 rings (SSSR count). The van der Waals surface area contributed by atoms with E-state index in [0.717, 1.165) is 5.75 Å². The van der Waals surface area contributed by atoms with Crippen LogP contribution >= 0.6 is 0 Å². The lowest BCUT2D eigenvalue weighted by Gasteiger charge is -2.34. The van der Waals surface area contributed by atoms with E-state index in [9.17, 15) is 9.59 Å². The number of benzene rings is 1. The molecule has 7 heteroatoms. The van der Waals surface area contributed by atoms with E-state index in [2.05, 4.69) is 31.3 Å². The standard InChI is InChI=1S/C21H27N3O4/c1-16(2)17-5-7-18(8-6-17)27-15-9-22-21(26)24-12-10-23(11-13-24)20(25)19-4-3-14-28-19/h3-8,14,16H,9-13,15H2,1-2H3,(H,22,26). The summed E-state index contributed by atoms with van der Waals surface area (Å²) in [4.78, 5) is 27.9. The Morgan fingerprint density at radius 2 is 1.75 bits per heavy atom. The number of ether oxygens (including phenoxy) is 1. The average molecular weight is 385 g/mol. The molecule has 0 radical (unpaired) electrons. The molecule has 7 nitrogen and oxygen atoms in total. The molecule has 150 valence electrons. The molecule has 1 fully saturated rings. The Morgan fingerprint density at radius 3 is 2.36 bits per heavy atom. The van der Waals surface area contributed by atoms with E-state index >= 15 is 0 Å². The number of piperazine rings is 1. The fourth-order valence-electron chi connectivity index (χ4n) is 3.06. The minimum atomic E-state index is -0.137. The number of rotatable bonds is 6. The summed E-state index contributed by atoms with van der Waals surface area (Å²) in [6.07, 6.45) is 1.48. The highest BCUT2D eigenvalue weighted by atomic mass is 16.5. The smallest absolute Gasteiger partial charge is 0.317 e. The number of nitrogens with one attached hydrogen (secondary N) is 1. The zero-order chi connectivity index (χ0) is 19.9. The van der Waals surface area contributed by atoms with Crippen LogP contribution in [0.1, 0.15) is 35.9 Å². The molecule has 1 aromatic heterocycles. The Morgan fingerprint density at radius 1 is 1.07 bits per heavy atom. The van der Waals surface area contributed by atoms with Crippen molar-refractivity contribution in [3.05, 3.63) is 54.0 Å². The van der Waals surface area contributed by atoms with Crippen LogP contribution in [-0.4, -0.2) is 61.1 Å². The first-order valence-corrected chi connectivity index (χ1v) is 9.63. The lowest BCUT2D eigenvalue weighted by atomic mass is 10.0. The summed E-state index contributed by atoms with van der Waals surface area (Å²) in [5.41, 5.74) is 1.27. The molecule has 2 heterocycles. The molecule has 1 aliphatic heterocycles. The van der Waals surface area contributed by atoms with Crippen molar-refractivity contribution in [3.8, 4) is 5.75 Å². The van der Waals surface area contributed by atoms with Crippen LogP contribution < -0.4 is 10.1 Å². The Kier molecular flexibility index (Phi) is 6.57. The Hall–Kier alpha value is -2.96. The minimum Gasteiger partial charge on any atom is -0.492 e. The van der Waals surface area contributed by atoms with Gasteiger partial charge >= 0.3 is 6.03 Å². The highest BCUT2D eigenvalue weighted by Gasteiger charge is 2.25. The van der Waals surface area contributed by atoms with Gasteiger partial charge in [-0.05, 0) is 35.7 Å². The first kappa shape index (κ1) is 19.8. The molecule has 3 amide bonds. The van der Waals surface area contributed by atoms with Gasteiger partial charge in [-0.2, -0.15) is 0 Å².